The summed E-state index contributed by atoms with van der Waals surface area (Å²) in [7, 11) is 0. The quantitative estimate of drug-likeness (QED) is 0.232. The maximum Gasteiger partial charge on any atom is 0.143 e. The summed E-state index contributed by atoms with van der Waals surface area (Å²) in [6.45, 7) is 9.09. The monoisotopic (exact) mass is 438 g/mol. The lowest BCUT2D eigenvalue weighted by molar-refractivity contribution is 0.591. The van der Waals surface area contributed by atoms with Gasteiger partial charge in [-0.3, -0.25) is 0 Å². The summed E-state index contributed by atoms with van der Waals surface area (Å²) >= 11 is 0. The van der Waals surface area contributed by atoms with Gasteiger partial charge in [0.25, 0.3) is 0 Å². The third-order valence-corrected chi connectivity index (χ3v) is 7.48. The molecule has 0 amide bonds. The molecule has 1 heterocycles. The zero-order chi connectivity index (χ0) is 23.2. The van der Waals surface area contributed by atoms with E-state index in [9.17, 15) is 0 Å². The van der Waals surface area contributed by atoms with Gasteiger partial charge in [-0.05, 0) is 67.4 Å². The maximum absolute atomic E-state index is 6.42. The standard InChI is InChI=1S/C33H26O/c1-19-16-28(27-10-7-9-26-24-8-5-6-11-29(24)34-32(26)27)25-15-13-21-18-22(33(2,3)4)17-20-12-14-23(19)31(25)30(20)21/h5-18H,1-4H3. The molecule has 6 aromatic carbocycles. The van der Waals surface area contributed by atoms with Gasteiger partial charge in [0.15, 0.2) is 0 Å². The number of para-hydroxylation sites is 2. The minimum Gasteiger partial charge on any atom is -0.455 e. The van der Waals surface area contributed by atoms with Gasteiger partial charge < -0.3 is 4.42 Å². The Bertz CT molecular complexity index is 1870. The molecule has 0 bridgehead atoms. The van der Waals surface area contributed by atoms with Gasteiger partial charge >= 0.3 is 0 Å². The van der Waals surface area contributed by atoms with Crippen molar-refractivity contribution in [2.45, 2.75) is 33.1 Å². The molecule has 164 valence electrons. The largest absolute Gasteiger partial charge is 0.455 e. The molecule has 0 N–H and O–H groups in total. The Morgan fingerprint density at radius 3 is 2.06 bits per heavy atom. The highest BCUT2D eigenvalue weighted by Gasteiger charge is 2.20. The lowest BCUT2D eigenvalue weighted by atomic mass is 9.82. The minimum absolute atomic E-state index is 0.114. The molecule has 0 aliphatic carbocycles. The zero-order valence-electron chi connectivity index (χ0n) is 20.0. The Morgan fingerprint density at radius 1 is 0.588 bits per heavy atom. The molecule has 1 aromatic heterocycles. The SMILES string of the molecule is Cc1cc(-c2cccc3c2oc2ccccc23)c2ccc3cc(C(C)(C)C)cc4ccc1c2c43. The van der Waals surface area contributed by atoms with Gasteiger partial charge in [0.1, 0.15) is 11.2 Å². The Hall–Kier alpha value is -3.84. The molecule has 0 aliphatic rings. The van der Waals surface area contributed by atoms with Crippen LogP contribution in [0, 0.1) is 6.92 Å². The van der Waals surface area contributed by atoms with E-state index < -0.39 is 0 Å². The molecule has 0 saturated carbocycles. The van der Waals surface area contributed by atoms with Crippen molar-refractivity contribution in [1.29, 1.82) is 0 Å². The van der Waals surface area contributed by atoms with Crippen LogP contribution in [0.5, 0.6) is 0 Å². The first-order valence-electron chi connectivity index (χ1n) is 12.0. The fourth-order valence-electron chi connectivity index (χ4n) is 5.71. The normalized spacial score (nSPS) is 12.7. The van der Waals surface area contributed by atoms with Gasteiger partial charge in [-0.1, -0.05) is 99.6 Å². The predicted molar refractivity (Wildman–Crippen MR) is 146 cm³/mol. The molecule has 0 atom stereocenters. The third-order valence-electron chi connectivity index (χ3n) is 7.48. The van der Waals surface area contributed by atoms with Gasteiger partial charge in [-0.25, -0.2) is 0 Å². The van der Waals surface area contributed by atoms with Crippen LogP contribution in [0.15, 0.2) is 89.3 Å². The molecule has 0 unspecified atom stereocenters. The van der Waals surface area contributed by atoms with Crippen LogP contribution >= 0.6 is 0 Å². The van der Waals surface area contributed by atoms with E-state index >= 15 is 0 Å². The second kappa shape index (κ2) is 6.61. The van der Waals surface area contributed by atoms with Gasteiger partial charge in [-0.15, -0.1) is 0 Å². The van der Waals surface area contributed by atoms with Crippen molar-refractivity contribution in [2.75, 3.05) is 0 Å². The lowest BCUT2D eigenvalue weighted by Gasteiger charge is -2.22. The molecule has 7 aromatic rings. The lowest BCUT2D eigenvalue weighted by Crippen LogP contribution is -2.10. The topological polar surface area (TPSA) is 13.1 Å². The zero-order valence-corrected chi connectivity index (χ0v) is 20.0. The highest BCUT2D eigenvalue weighted by Crippen LogP contribution is 2.44. The molecule has 1 heteroatoms. The predicted octanol–water partition coefficient (Wildman–Crippen LogP) is 9.76. The van der Waals surface area contributed by atoms with Crippen molar-refractivity contribution in [1.82, 2.24) is 0 Å². The van der Waals surface area contributed by atoms with Gasteiger partial charge in [0.05, 0.1) is 0 Å². The third kappa shape index (κ3) is 2.61. The Labute approximate surface area is 198 Å². The average Bonchev–Trinajstić information content (AvgIpc) is 3.21. The number of rotatable bonds is 1. The van der Waals surface area contributed by atoms with Crippen LogP contribution in [0.3, 0.4) is 0 Å². The molecule has 0 radical (unpaired) electrons. The molecular formula is C33H26O. The first-order chi connectivity index (χ1) is 16.4. The molecule has 34 heavy (non-hydrogen) atoms. The summed E-state index contributed by atoms with van der Waals surface area (Å²) < 4.78 is 6.42. The van der Waals surface area contributed by atoms with E-state index in [0.717, 1.165) is 16.7 Å². The van der Waals surface area contributed by atoms with Crippen LogP contribution in [-0.2, 0) is 5.41 Å². The minimum atomic E-state index is 0.114. The summed E-state index contributed by atoms with van der Waals surface area (Å²) in [5, 5.41) is 10.3. The van der Waals surface area contributed by atoms with Crippen molar-refractivity contribution in [3.63, 3.8) is 0 Å². The molecule has 0 saturated heterocycles. The summed E-state index contributed by atoms with van der Waals surface area (Å²) in [5.41, 5.74) is 7.09. The number of benzene rings is 6. The number of fused-ring (bicyclic) bond motifs is 3. The Morgan fingerprint density at radius 2 is 1.29 bits per heavy atom. The summed E-state index contributed by atoms with van der Waals surface area (Å²) in [6.07, 6.45) is 0. The van der Waals surface area contributed by atoms with Crippen LogP contribution in [0.4, 0.5) is 0 Å². The van der Waals surface area contributed by atoms with Crippen LogP contribution in [0.2, 0.25) is 0 Å². The Balaban J connectivity index is 1.62. The molecule has 1 nitrogen and oxygen atoms in total. The molecule has 0 aliphatic heterocycles. The average molecular weight is 439 g/mol. The van der Waals surface area contributed by atoms with Crippen LogP contribution < -0.4 is 0 Å². The number of furan rings is 1. The smallest absolute Gasteiger partial charge is 0.143 e. The van der Waals surface area contributed by atoms with Crippen molar-refractivity contribution in [3.8, 4) is 11.1 Å². The van der Waals surface area contributed by atoms with E-state index in [4.69, 9.17) is 4.42 Å². The summed E-state index contributed by atoms with van der Waals surface area (Å²) in [5.74, 6) is 0. The van der Waals surface area contributed by atoms with Crippen molar-refractivity contribution in [2.24, 2.45) is 0 Å². The first kappa shape index (κ1) is 19.6. The van der Waals surface area contributed by atoms with Crippen LogP contribution in [0.25, 0.3) is 65.4 Å². The van der Waals surface area contributed by atoms with Gasteiger partial charge in [0, 0.05) is 16.3 Å². The summed E-state index contributed by atoms with van der Waals surface area (Å²) in [6, 6.07) is 31.2. The highest BCUT2D eigenvalue weighted by molar-refractivity contribution is 6.27. The first-order valence-corrected chi connectivity index (χ1v) is 12.0. The van der Waals surface area contributed by atoms with E-state index in [1.807, 2.05) is 6.07 Å². The molecule has 7 rings (SSSR count). The second-order valence-corrected chi connectivity index (χ2v) is 10.7. The fraction of sp³-hybridized carbons (Fsp3) is 0.152. The van der Waals surface area contributed by atoms with Crippen molar-refractivity contribution < 1.29 is 4.42 Å². The van der Waals surface area contributed by atoms with Crippen LogP contribution in [-0.4, -0.2) is 0 Å². The van der Waals surface area contributed by atoms with Crippen LogP contribution in [0.1, 0.15) is 31.9 Å². The van der Waals surface area contributed by atoms with E-state index in [0.29, 0.717) is 0 Å². The fourth-order valence-corrected chi connectivity index (χ4v) is 5.71. The van der Waals surface area contributed by atoms with Crippen molar-refractivity contribution >= 4 is 54.3 Å². The van der Waals surface area contributed by atoms with Gasteiger partial charge in [-0.2, -0.15) is 0 Å². The molecule has 0 fully saturated rings. The molecule has 0 spiro atoms. The molecular weight excluding hydrogens is 412 g/mol. The maximum atomic E-state index is 6.42. The van der Waals surface area contributed by atoms with E-state index in [2.05, 4.69) is 107 Å². The highest BCUT2D eigenvalue weighted by atomic mass is 16.3. The second-order valence-electron chi connectivity index (χ2n) is 10.7. The van der Waals surface area contributed by atoms with E-state index in [1.54, 1.807) is 0 Å². The summed E-state index contributed by atoms with van der Waals surface area (Å²) in [4.78, 5) is 0. The van der Waals surface area contributed by atoms with Gasteiger partial charge in [0.2, 0.25) is 0 Å². The number of aryl methyl sites for hydroxylation is 1. The van der Waals surface area contributed by atoms with E-state index in [1.165, 1.54) is 59.8 Å². The number of hydrogen-bond acceptors (Lipinski definition) is 1. The van der Waals surface area contributed by atoms with Crippen molar-refractivity contribution in [3.05, 3.63) is 96.1 Å². The van der Waals surface area contributed by atoms with E-state index in [-0.39, 0.29) is 5.41 Å². The Kier molecular flexibility index (Phi) is 3.81. The number of hydrogen-bond donors (Lipinski definition) is 0.